The normalized spacial score (nSPS) is 31.5. The van der Waals surface area contributed by atoms with E-state index in [9.17, 15) is 9.59 Å². The third-order valence-corrected chi connectivity index (χ3v) is 6.46. The third-order valence-electron chi connectivity index (χ3n) is 6.46. The first-order valence-electron chi connectivity index (χ1n) is 9.67. The van der Waals surface area contributed by atoms with Crippen LogP contribution >= 0.6 is 0 Å². The number of rotatable bonds is 5. The Morgan fingerprint density at radius 1 is 0.962 bits per heavy atom. The molecule has 1 aromatic carbocycles. The molecule has 5 N–H and O–H groups in total. The molecule has 0 aliphatic heterocycles. The highest BCUT2D eigenvalue weighted by Gasteiger charge is 2.50. The minimum Gasteiger partial charge on any atom is -0.351 e. The van der Waals surface area contributed by atoms with Crippen LogP contribution in [0.1, 0.15) is 44.1 Å². The summed E-state index contributed by atoms with van der Waals surface area (Å²) in [6, 6.07) is 6.60. The molecular formula is C20H28N4O2. The van der Waals surface area contributed by atoms with Crippen molar-refractivity contribution in [2.24, 2.45) is 28.9 Å². The van der Waals surface area contributed by atoms with Gasteiger partial charge in [-0.2, -0.15) is 0 Å². The Labute approximate surface area is 154 Å². The van der Waals surface area contributed by atoms with Gasteiger partial charge in [0.1, 0.15) is 0 Å². The van der Waals surface area contributed by atoms with E-state index in [1.54, 1.807) is 12.1 Å². The molecule has 0 saturated heterocycles. The lowest BCUT2D eigenvalue weighted by molar-refractivity contribution is -0.0498. The number of carbonyl (C=O) groups is 2. The maximum Gasteiger partial charge on any atom is 0.316 e. The number of primary amides is 1. The number of urea groups is 2. The fourth-order valence-electron chi connectivity index (χ4n) is 5.87. The van der Waals surface area contributed by atoms with E-state index < -0.39 is 6.03 Å². The quantitative estimate of drug-likeness (QED) is 0.652. The molecule has 0 unspecified atom stereocenters. The molecule has 4 aliphatic rings. The fraction of sp³-hybridized carbons (Fsp3) is 0.600. The summed E-state index contributed by atoms with van der Waals surface area (Å²) in [4.78, 5) is 23.0. The Bertz CT molecular complexity index is 650. The Kier molecular flexibility index (Phi) is 4.51. The molecule has 4 fully saturated rings. The second-order valence-corrected chi connectivity index (χ2v) is 8.64. The summed E-state index contributed by atoms with van der Waals surface area (Å²) in [7, 11) is 0. The monoisotopic (exact) mass is 356 g/mol. The van der Waals surface area contributed by atoms with Gasteiger partial charge in [0.2, 0.25) is 0 Å². The highest BCUT2D eigenvalue weighted by atomic mass is 16.2. The van der Waals surface area contributed by atoms with Gasteiger partial charge in [-0.1, -0.05) is 12.1 Å². The van der Waals surface area contributed by atoms with E-state index in [-0.39, 0.29) is 6.03 Å². The highest BCUT2D eigenvalue weighted by molar-refractivity contribution is 5.87. The van der Waals surface area contributed by atoms with Crippen molar-refractivity contribution >= 4 is 17.7 Å². The van der Waals surface area contributed by atoms with Gasteiger partial charge in [-0.05, 0) is 79.4 Å². The smallest absolute Gasteiger partial charge is 0.316 e. The molecule has 0 spiro atoms. The molecule has 26 heavy (non-hydrogen) atoms. The summed E-state index contributed by atoms with van der Waals surface area (Å²) in [5.74, 6) is 2.70. The van der Waals surface area contributed by atoms with E-state index in [2.05, 4.69) is 16.0 Å². The molecule has 140 valence electrons. The maximum absolute atomic E-state index is 12.2. The SMILES string of the molecule is NC(=O)Nc1ccc(CNC(=O)NCC23CC4CC(CC(C4)C2)C3)cc1. The molecule has 6 nitrogen and oxygen atoms in total. The maximum atomic E-state index is 12.2. The summed E-state index contributed by atoms with van der Waals surface area (Å²) in [6.45, 7) is 1.27. The van der Waals surface area contributed by atoms with E-state index in [4.69, 9.17) is 5.73 Å². The third kappa shape index (κ3) is 3.79. The first-order valence-corrected chi connectivity index (χ1v) is 9.67. The molecule has 0 heterocycles. The van der Waals surface area contributed by atoms with Crippen molar-refractivity contribution in [2.45, 2.75) is 45.1 Å². The number of benzene rings is 1. The van der Waals surface area contributed by atoms with Crippen molar-refractivity contribution in [3.8, 4) is 0 Å². The van der Waals surface area contributed by atoms with Crippen LogP contribution in [0.2, 0.25) is 0 Å². The zero-order valence-electron chi connectivity index (χ0n) is 15.1. The molecule has 5 rings (SSSR count). The molecule has 0 atom stereocenters. The Hall–Kier alpha value is -2.24. The van der Waals surface area contributed by atoms with Crippen molar-refractivity contribution in [3.63, 3.8) is 0 Å². The lowest BCUT2D eigenvalue weighted by atomic mass is 9.49. The number of hydrogen-bond donors (Lipinski definition) is 4. The van der Waals surface area contributed by atoms with Crippen LogP contribution in [-0.2, 0) is 6.54 Å². The summed E-state index contributed by atoms with van der Waals surface area (Å²) >= 11 is 0. The fourth-order valence-corrected chi connectivity index (χ4v) is 5.87. The van der Waals surface area contributed by atoms with Gasteiger partial charge in [0, 0.05) is 18.8 Å². The molecule has 1 aromatic rings. The molecule has 6 heteroatoms. The van der Waals surface area contributed by atoms with E-state index in [0.717, 1.165) is 29.9 Å². The summed E-state index contributed by atoms with van der Waals surface area (Å²) < 4.78 is 0. The van der Waals surface area contributed by atoms with E-state index in [1.807, 2.05) is 12.1 Å². The van der Waals surface area contributed by atoms with Crippen LogP contribution in [0, 0.1) is 23.2 Å². The minimum atomic E-state index is -0.583. The van der Waals surface area contributed by atoms with Crippen LogP contribution in [0.5, 0.6) is 0 Å². The molecule has 4 bridgehead atoms. The van der Waals surface area contributed by atoms with Crippen molar-refractivity contribution in [1.82, 2.24) is 10.6 Å². The van der Waals surface area contributed by atoms with Crippen molar-refractivity contribution < 1.29 is 9.59 Å². The van der Waals surface area contributed by atoms with Gasteiger partial charge in [0.15, 0.2) is 0 Å². The van der Waals surface area contributed by atoms with Crippen LogP contribution < -0.4 is 21.7 Å². The van der Waals surface area contributed by atoms with E-state index in [0.29, 0.717) is 17.6 Å². The van der Waals surface area contributed by atoms with Gasteiger partial charge in [-0.15, -0.1) is 0 Å². The van der Waals surface area contributed by atoms with Gasteiger partial charge in [-0.25, -0.2) is 9.59 Å². The molecule has 4 aliphatic carbocycles. The number of hydrogen-bond acceptors (Lipinski definition) is 2. The van der Waals surface area contributed by atoms with Gasteiger partial charge in [0.05, 0.1) is 0 Å². The predicted molar refractivity (Wildman–Crippen MR) is 100 cm³/mol. The number of nitrogens with one attached hydrogen (secondary N) is 3. The van der Waals surface area contributed by atoms with Crippen LogP contribution in [-0.4, -0.2) is 18.6 Å². The summed E-state index contributed by atoms with van der Waals surface area (Å²) in [5.41, 5.74) is 7.06. The van der Waals surface area contributed by atoms with E-state index in [1.165, 1.54) is 38.5 Å². The number of nitrogens with two attached hydrogens (primary N) is 1. The van der Waals surface area contributed by atoms with Crippen LogP contribution in [0.4, 0.5) is 15.3 Å². The minimum absolute atomic E-state index is 0.0971. The van der Waals surface area contributed by atoms with Crippen LogP contribution in [0.25, 0.3) is 0 Å². The second kappa shape index (κ2) is 6.82. The van der Waals surface area contributed by atoms with Crippen LogP contribution in [0.15, 0.2) is 24.3 Å². The summed E-state index contributed by atoms with van der Waals surface area (Å²) in [6.07, 6.45) is 8.17. The molecular weight excluding hydrogens is 328 g/mol. The predicted octanol–water partition coefficient (Wildman–Crippen LogP) is 3.19. The highest BCUT2D eigenvalue weighted by Crippen LogP contribution is 2.59. The average Bonchev–Trinajstić information content (AvgIpc) is 2.58. The molecule has 0 radical (unpaired) electrons. The average molecular weight is 356 g/mol. The standard InChI is InChI=1S/C20H28N4O2/c21-18(25)24-17-3-1-13(2-4-17)11-22-19(26)23-12-20-8-14-5-15(9-20)7-16(6-14)10-20/h1-4,14-16H,5-12H2,(H3,21,24,25)(H2,22,23,26). The first kappa shape index (κ1) is 17.2. The Morgan fingerprint density at radius 2 is 1.54 bits per heavy atom. The second-order valence-electron chi connectivity index (χ2n) is 8.64. The number of anilines is 1. The van der Waals surface area contributed by atoms with Crippen molar-refractivity contribution in [1.29, 1.82) is 0 Å². The Balaban J connectivity index is 1.24. The number of carbonyl (C=O) groups excluding carboxylic acids is 2. The van der Waals surface area contributed by atoms with Gasteiger partial charge >= 0.3 is 12.1 Å². The lowest BCUT2D eigenvalue weighted by Gasteiger charge is -2.56. The van der Waals surface area contributed by atoms with Crippen LogP contribution in [0.3, 0.4) is 0 Å². The zero-order chi connectivity index (χ0) is 18.1. The topological polar surface area (TPSA) is 96.2 Å². The molecule has 0 aromatic heterocycles. The largest absolute Gasteiger partial charge is 0.351 e. The van der Waals surface area contributed by atoms with Gasteiger partial charge < -0.3 is 21.7 Å². The number of amides is 4. The van der Waals surface area contributed by atoms with Gasteiger partial charge in [-0.3, -0.25) is 0 Å². The van der Waals surface area contributed by atoms with Crippen molar-refractivity contribution in [2.75, 3.05) is 11.9 Å². The van der Waals surface area contributed by atoms with Crippen molar-refractivity contribution in [3.05, 3.63) is 29.8 Å². The van der Waals surface area contributed by atoms with Gasteiger partial charge in [0.25, 0.3) is 0 Å². The summed E-state index contributed by atoms with van der Waals surface area (Å²) in [5, 5.41) is 8.57. The zero-order valence-corrected chi connectivity index (χ0v) is 15.1. The molecule has 4 saturated carbocycles. The van der Waals surface area contributed by atoms with E-state index >= 15 is 0 Å². The lowest BCUT2D eigenvalue weighted by Crippen LogP contribution is -2.52. The molecule has 4 amide bonds. The Morgan fingerprint density at radius 3 is 2.08 bits per heavy atom. The first-order chi connectivity index (χ1) is 12.5.